The van der Waals surface area contributed by atoms with Gasteiger partial charge in [0.2, 0.25) is 4.96 Å². The predicted octanol–water partition coefficient (Wildman–Crippen LogP) is 3.87. The standard InChI is InChI=1S/C13H11F3N4OS/c1-7(2)10-17-18-12-20(10)19-11(22-12)8-3-5-9(6-4-8)21-13(14,15)16/h3-7H,1-2H3. The molecule has 0 bridgehead atoms. The molecule has 0 spiro atoms. The van der Waals surface area contributed by atoms with Gasteiger partial charge in [-0.25, -0.2) is 0 Å². The van der Waals surface area contributed by atoms with Gasteiger partial charge in [0.15, 0.2) is 5.82 Å². The van der Waals surface area contributed by atoms with E-state index in [1.54, 1.807) is 4.52 Å². The SMILES string of the molecule is CC(C)c1nnc2sc(-c3ccc(OC(F)(F)F)cc3)nn12. The van der Waals surface area contributed by atoms with E-state index in [9.17, 15) is 13.2 Å². The van der Waals surface area contributed by atoms with Crippen molar-refractivity contribution >= 4 is 16.3 Å². The Balaban J connectivity index is 1.91. The van der Waals surface area contributed by atoms with Crippen molar-refractivity contribution in [3.05, 3.63) is 30.1 Å². The molecule has 2 heterocycles. The first kappa shape index (κ1) is 14.8. The van der Waals surface area contributed by atoms with E-state index in [1.165, 1.54) is 35.6 Å². The summed E-state index contributed by atoms with van der Waals surface area (Å²) in [7, 11) is 0. The molecule has 0 saturated heterocycles. The number of fused-ring (bicyclic) bond motifs is 1. The molecule has 0 aliphatic carbocycles. The zero-order valence-corrected chi connectivity index (χ0v) is 12.4. The average Bonchev–Trinajstić information content (AvgIpc) is 2.96. The van der Waals surface area contributed by atoms with Crippen molar-refractivity contribution in [1.82, 2.24) is 19.8 Å². The number of ether oxygens (including phenoxy) is 1. The van der Waals surface area contributed by atoms with E-state index in [1.807, 2.05) is 13.8 Å². The predicted molar refractivity (Wildman–Crippen MR) is 74.9 cm³/mol. The van der Waals surface area contributed by atoms with Gasteiger partial charge in [0.1, 0.15) is 10.8 Å². The largest absolute Gasteiger partial charge is 0.573 e. The molecule has 9 heteroatoms. The fourth-order valence-corrected chi connectivity index (χ4v) is 2.76. The first-order chi connectivity index (χ1) is 10.3. The molecule has 0 radical (unpaired) electrons. The van der Waals surface area contributed by atoms with Crippen LogP contribution >= 0.6 is 11.3 Å². The highest BCUT2D eigenvalue weighted by atomic mass is 32.1. The maximum absolute atomic E-state index is 12.1. The molecule has 22 heavy (non-hydrogen) atoms. The van der Waals surface area contributed by atoms with E-state index >= 15 is 0 Å². The van der Waals surface area contributed by atoms with E-state index in [0.29, 0.717) is 15.5 Å². The molecule has 3 aromatic rings. The highest BCUT2D eigenvalue weighted by molar-refractivity contribution is 7.19. The van der Waals surface area contributed by atoms with Gasteiger partial charge in [-0.2, -0.15) is 9.61 Å². The van der Waals surface area contributed by atoms with Crippen LogP contribution in [0, 0.1) is 0 Å². The van der Waals surface area contributed by atoms with Crippen molar-refractivity contribution in [2.24, 2.45) is 0 Å². The van der Waals surface area contributed by atoms with Crippen molar-refractivity contribution in [2.75, 3.05) is 0 Å². The molecule has 2 aromatic heterocycles. The minimum atomic E-state index is -4.69. The van der Waals surface area contributed by atoms with Crippen LogP contribution in [0.1, 0.15) is 25.6 Å². The van der Waals surface area contributed by atoms with E-state index in [0.717, 1.165) is 5.82 Å². The van der Waals surface area contributed by atoms with Gasteiger partial charge in [0.05, 0.1) is 0 Å². The second-order valence-corrected chi connectivity index (χ2v) is 5.84. The summed E-state index contributed by atoms with van der Waals surface area (Å²) < 4.78 is 41.9. The van der Waals surface area contributed by atoms with E-state index in [4.69, 9.17) is 0 Å². The molecular weight excluding hydrogens is 317 g/mol. The lowest BCUT2D eigenvalue weighted by Crippen LogP contribution is -2.16. The molecule has 116 valence electrons. The zero-order chi connectivity index (χ0) is 15.9. The Morgan fingerprint density at radius 1 is 1.14 bits per heavy atom. The summed E-state index contributed by atoms with van der Waals surface area (Å²) in [6, 6.07) is 5.58. The van der Waals surface area contributed by atoms with Crippen molar-refractivity contribution in [1.29, 1.82) is 0 Å². The van der Waals surface area contributed by atoms with Crippen LogP contribution in [0.5, 0.6) is 5.75 Å². The van der Waals surface area contributed by atoms with E-state index < -0.39 is 6.36 Å². The fourth-order valence-electron chi connectivity index (χ4n) is 1.91. The normalized spacial score (nSPS) is 12.3. The highest BCUT2D eigenvalue weighted by Gasteiger charge is 2.31. The Labute approximate surface area is 127 Å². The first-order valence-electron chi connectivity index (χ1n) is 6.42. The average molecular weight is 328 g/mol. The van der Waals surface area contributed by atoms with Gasteiger partial charge in [0, 0.05) is 11.5 Å². The van der Waals surface area contributed by atoms with Crippen molar-refractivity contribution in [3.8, 4) is 16.3 Å². The summed E-state index contributed by atoms with van der Waals surface area (Å²) in [4.78, 5) is 0.648. The molecule has 0 aliphatic rings. The van der Waals surface area contributed by atoms with Gasteiger partial charge in [-0.05, 0) is 24.3 Å². The molecule has 0 fully saturated rings. The highest BCUT2D eigenvalue weighted by Crippen LogP contribution is 2.29. The van der Waals surface area contributed by atoms with Gasteiger partial charge < -0.3 is 4.74 Å². The first-order valence-corrected chi connectivity index (χ1v) is 7.23. The second-order valence-electron chi connectivity index (χ2n) is 4.89. The molecular formula is C13H11F3N4OS. The molecule has 1 aromatic carbocycles. The monoisotopic (exact) mass is 328 g/mol. The third kappa shape index (κ3) is 2.89. The van der Waals surface area contributed by atoms with Crippen LogP contribution in [0.4, 0.5) is 13.2 Å². The maximum Gasteiger partial charge on any atom is 0.573 e. The van der Waals surface area contributed by atoms with Crippen LogP contribution in [0.25, 0.3) is 15.5 Å². The zero-order valence-electron chi connectivity index (χ0n) is 11.6. The summed E-state index contributed by atoms with van der Waals surface area (Å²) in [5.41, 5.74) is 0.694. The van der Waals surface area contributed by atoms with Crippen LogP contribution in [0.15, 0.2) is 24.3 Å². The lowest BCUT2D eigenvalue weighted by Gasteiger charge is -2.08. The molecule has 0 amide bonds. The Bertz CT molecular complexity index is 792. The Morgan fingerprint density at radius 2 is 1.82 bits per heavy atom. The van der Waals surface area contributed by atoms with Gasteiger partial charge in [-0.1, -0.05) is 25.2 Å². The molecule has 5 nitrogen and oxygen atoms in total. The van der Waals surface area contributed by atoms with Crippen molar-refractivity contribution < 1.29 is 17.9 Å². The Hall–Kier alpha value is -2.16. The topological polar surface area (TPSA) is 52.3 Å². The number of hydrogen-bond donors (Lipinski definition) is 0. The number of aromatic nitrogens is 4. The summed E-state index contributed by atoms with van der Waals surface area (Å²) >= 11 is 1.32. The summed E-state index contributed by atoms with van der Waals surface area (Å²) in [6.45, 7) is 3.97. The van der Waals surface area contributed by atoms with Crippen LogP contribution < -0.4 is 4.74 Å². The second kappa shape index (κ2) is 5.24. The van der Waals surface area contributed by atoms with Gasteiger partial charge in [-0.15, -0.1) is 23.4 Å². The number of nitrogens with zero attached hydrogens (tertiary/aromatic N) is 4. The van der Waals surface area contributed by atoms with E-state index in [2.05, 4.69) is 20.0 Å². The smallest absolute Gasteiger partial charge is 0.406 e. The number of rotatable bonds is 3. The van der Waals surface area contributed by atoms with Crippen LogP contribution in [-0.2, 0) is 0 Å². The fraction of sp³-hybridized carbons (Fsp3) is 0.308. The minimum Gasteiger partial charge on any atom is -0.406 e. The summed E-state index contributed by atoms with van der Waals surface area (Å²) in [6.07, 6.45) is -4.69. The molecule has 0 aliphatic heterocycles. The third-order valence-corrected chi connectivity index (χ3v) is 3.81. The number of alkyl halides is 3. The number of benzene rings is 1. The minimum absolute atomic E-state index is 0.174. The summed E-state index contributed by atoms with van der Waals surface area (Å²) in [5.74, 6) is 0.657. The third-order valence-electron chi connectivity index (χ3n) is 2.87. The van der Waals surface area contributed by atoms with Crippen molar-refractivity contribution in [2.45, 2.75) is 26.1 Å². The van der Waals surface area contributed by atoms with Gasteiger partial charge in [0.25, 0.3) is 0 Å². The quantitative estimate of drug-likeness (QED) is 0.732. The molecule has 0 unspecified atom stereocenters. The number of halogens is 3. The Morgan fingerprint density at radius 3 is 2.41 bits per heavy atom. The number of hydrogen-bond acceptors (Lipinski definition) is 5. The maximum atomic E-state index is 12.1. The Kier molecular flexibility index (Phi) is 3.51. The van der Waals surface area contributed by atoms with E-state index in [-0.39, 0.29) is 11.7 Å². The molecule has 0 N–H and O–H groups in total. The van der Waals surface area contributed by atoms with Crippen LogP contribution in [-0.4, -0.2) is 26.2 Å². The van der Waals surface area contributed by atoms with Gasteiger partial charge in [-0.3, -0.25) is 0 Å². The van der Waals surface area contributed by atoms with Crippen LogP contribution in [0.2, 0.25) is 0 Å². The van der Waals surface area contributed by atoms with Crippen molar-refractivity contribution in [3.63, 3.8) is 0 Å². The molecule has 3 rings (SSSR count). The van der Waals surface area contributed by atoms with Gasteiger partial charge >= 0.3 is 6.36 Å². The van der Waals surface area contributed by atoms with Crippen LogP contribution in [0.3, 0.4) is 0 Å². The molecule has 0 atom stereocenters. The lowest BCUT2D eigenvalue weighted by atomic mass is 10.2. The lowest BCUT2D eigenvalue weighted by molar-refractivity contribution is -0.274. The summed E-state index contributed by atoms with van der Waals surface area (Å²) in [5, 5.41) is 13.2. The molecule has 0 saturated carbocycles.